The van der Waals surface area contributed by atoms with Crippen molar-refractivity contribution in [3.05, 3.63) is 16.1 Å². The van der Waals surface area contributed by atoms with E-state index in [-0.39, 0.29) is 12.3 Å². The molecule has 16 heavy (non-hydrogen) atoms. The van der Waals surface area contributed by atoms with Crippen LogP contribution in [0.1, 0.15) is 17.1 Å². The van der Waals surface area contributed by atoms with Gasteiger partial charge in [0, 0.05) is 18.3 Å². The van der Waals surface area contributed by atoms with Gasteiger partial charge in [-0.2, -0.15) is 0 Å². The van der Waals surface area contributed by atoms with Crippen molar-refractivity contribution < 1.29 is 14.7 Å². The molecule has 1 atom stereocenters. The Morgan fingerprint density at radius 3 is 3.00 bits per heavy atom. The van der Waals surface area contributed by atoms with Crippen LogP contribution in [-0.4, -0.2) is 33.4 Å². The van der Waals surface area contributed by atoms with E-state index in [1.807, 2.05) is 12.3 Å². The Bertz CT molecular complexity index is 429. The predicted octanol–water partition coefficient (Wildman–Crippen LogP) is 0.885. The number of aromatic nitrogens is 1. The number of carboxylic acids is 1. The van der Waals surface area contributed by atoms with Gasteiger partial charge in [0.2, 0.25) is 5.91 Å². The summed E-state index contributed by atoms with van der Waals surface area (Å²) in [5, 5.41) is 11.7. The SMILES string of the molecule is Cc1nc(CN2CC(C(=O)O)CC2=O)cs1. The number of rotatable bonds is 3. The molecule has 1 fully saturated rings. The molecule has 0 bridgehead atoms. The molecule has 86 valence electrons. The molecule has 1 aromatic rings. The highest BCUT2D eigenvalue weighted by Crippen LogP contribution is 2.20. The second-order valence-corrected chi connectivity index (χ2v) is 4.93. The predicted molar refractivity (Wildman–Crippen MR) is 58.0 cm³/mol. The monoisotopic (exact) mass is 240 g/mol. The first-order valence-electron chi connectivity index (χ1n) is 4.98. The van der Waals surface area contributed by atoms with E-state index in [9.17, 15) is 9.59 Å². The van der Waals surface area contributed by atoms with Crippen LogP contribution < -0.4 is 0 Å². The van der Waals surface area contributed by atoms with Crippen LogP contribution in [0, 0.1) is 12.8 Å². The van der Waals surface area contributed by atoms with Gasteiger partial charge < -0.3 is 10.0 Å². The fraction of sp³-hybridized carbons (Fsp3) is 0.500. The second kappa shape index (κ2) is 4.21. The number of carboxylic acid groups (broad SMARTS) is 1. The largest absolute Gasteiger partial charge is 0.481 e. The Labute approximate surface area is 96.7 Å². The molecule has 0 radical (unpaired) electrons. The molecule has 0 saturated carbocycles. The summed E-state index contributed by atoms with van der Waals surface area (Å²) < 4.78 is 0. The number of amides is 1. The van der Waals surface area contributed by atoms with Crippen molar-refractivity contribution in [2.45, 2.75) is 19.9 Å². The van der Waals surface area contributed by atoms with E-state index in [0.29, 0.717) is 13.1 Å². The normalized spacial score (nSPS) is 20.4. The highest BCUT2D eigenvalue weighted by Gasteiger charge is 2.34. The first kappa shape index (κ1) is 11.1. The average Bonchev–Trinajstić information content (AvgIpc) is 2.75. The van der Waals surface area contributed by atoms with Crippen molar-refractivity contribution in [1.29, 1.82) is 0 Å². The highest BCUT2D eigenvalue weighted by atomic mass is 32.1. The zero-order valence-electron chi connectivity index (χ0n) is 8.84. The Morgan fingerprint density at radius 1 is 1.75 bits per heavy atom. The Hall–Kier alpha value is -1.43. The average molecular weight is 240 g/mol. The molecular formula is C10H12N2O3S. The zero-order valence-corrected chi connectivity index (χ0v) is 9.66. The summed E-state index contributed by atoms with van der Waals surface area (Å²) in [6.45, 7) is 2.62. The molecule has 2 rings (SSSR count). The lowest BCUT2D eigenvalue weighted by Crippen LogP contribution is -2.25. The van der Waals surface area contributed by atoms with Gasteiger partial charge in [0.1, 0.15) is 0 Å². The molecule has 5 nitrogen and oxygen atoms in total. The Kier molecular flexibility index (Phi) is 2.91. The lowest BCUT2D eigenvalue weighted by atomic mass is 10.1. The Morgan fingerprint density at radius 2 is 2.50 bits per heavy atom. The van der Waals surface area contributed by atoms with Gasteiger partial charge >= 0.3 is 5.97 Å². The summed E-state index contributed by atoms with van der Waals surface area (Å²) in [6, 6.07) is 0. The first-order chi connectivity index (χ1) is 7.56. The fourth-order valence-corrected chi connectivity index (χ4v) is 2.37. The number of carbonyl (C=O) groups is 2. The third-order valence-electron chi connectivity index (χ3n) is 2.58. The van der Waals surface area contributed by atoms with Crippen LogP contribution >= 0.6 is 11.3 Å². The lowest BCUT2D eigenvalue weighted by molar-refractivity contribution is -0.141. The zero-order chi connectivity index (χ0) is 11.7. The maximum Gasteiger partial charge on any atom is 0.308 e. The summed E-state index contributed by atoms with van der Waals surface area (Å²) in [5.74, 6) is -1.56. The van der Waals surface area contributed by atoms with E-state index in [1.165, 1.54) is 11.3 Å². The van der Waals surface area contributed by atoms with E-state index in [0.717, 1.165) is 10.7 Å². The molecule has 1 aromatic heterocycles. The lowest BCUT2D eigenvalue weighted by Gasteiger charge is -2.13. The van der Waals surface area contributed by atoms with Crippen molar-refractivity contribution in [3.8, 4) is 0 Å². The van der Waals surface area contributed by atoms with E-state index >= 15 is 0 Å². The minimum absolute atomic E-state index is 0.0990. The molecule has 1 aliphatic heterocycles. The second-order valence-electron chi connectivity index (χ2n) is 3.87. The molecule has 2 heterocycles. The standard InChI is InChI=1S/C10H12N2O3S/c1-6-11-8(5-16-6)4-12-3-7(10(14)15)2-9(12)13/h5,7H,2-4H2,1H3,(H,14,15). The fourth-order valence-electron chi connectivity index (χ4n) is 1.77. The third-order valence-corrected chi connectivity index (χ3v) is 3.41. The van der Waals surface area contributed by atoms with E-state index in [1.54, 1.807) is 4.90 Å². The van der Waals surface area contributed by atoms with Crippen molar-refractivity contribution in [3.63, 3.8) is 0 Å². The van der Waals surface area contributed by atoms with Crippen molar-refractivity contribution in [1.82, 2.24) is 9.88 Å². The molecule has 6 heteroatoms. The molecule has 1 aliphatic rings. The molecular weight excluding hydrogens is 228 g/mol. The summed E-state index contributed by atoms with van der Waals surface area (Å²) in [6.07, 6.45) is 0.110. The van der Waals surface area contributed by atoms with Gasteiger partial charge in [0.05, 0.1) is 23.2 Å². The van der Waals surface area contributed by atoms with Crippen LogP contribution in [-0.2, 0) is 16.1 Å². The molecule has 0 spiro atoms. The molecule has 0 aromatic carbocycles. The highest BCUT2D eigenvalue weighted by molar-refractivity contribution is 7.09. The van der Waals surface area contributed by atoms with Crippen LogP contribution in [0.2, 0.25) is 0 Å². The Balaban J connectivity index is 2.01. The van der Waals surface area contributed by atoms with Crippen molar-refractivity contribution in [2.24, 2.45) is 5.92 Å². The molecule has 0 aliphatic carbocycles. The first-order valence-corrected chi connectivity index (χ1v) is 5.86. The topological polar surface area (TPSA) is 70.5 Å². The molecule has 1 unspecified atom stereocenters. The van der Waals surface area contributed by atoms with Crippen LogP contribution in [0.3, 0.4) is 0 Å². The van der Waals surface area contributed by atoms with Crippen LogP contribution in [0.25, 0.3) is 0 Å². The number of thiazole rings is 1. The van der Waals surface area contributed by atoms with E-state index < -0.39 is 11.9 Å². The van der Waals surface area contributed by atoms with E-state index in [2.05, 4.69) is 4.98 Å². The van der Waals surface area contributed by atoms with Gasteiger partial charge in [0.15, 0.2) is 0 Å². The quantitative estimate of drug-likeness (QED) is 0.851. The van der Waals surface area contributed by atoms with Crippen LogP contribution in [0.4, 0.5) is 0 Å². The van der Waals surface area contributed by atoms with E-state index in [4.69, 9.17) is 5.11 Å². The summed E-state index contributed by atoms with van der Waals surface area (Å²) in [7, 11) is 0. The minimum Gasteiger partial charge on any atom is -0.481 e. The molecule has 1 saturated heterocycles. The maximum atomic E-state index is 11.5. The third kappa shape index (κ3) is 2.21. The number of likely N-dealkylation sites (tertiary alicyclic amines) is 1. The van der Waals surface area contributed by atoms with Gasteiger partial charge in [-0.15, -0.1) is 11.3 Å². The van der Waals surface area contributed by atoms with Gasteiger partial charge in [-0.3, -0.25) is 9.59 Å². The van der Waals surface area contributed by atoms with Gasteiger partial charge in [0.25, 0.3) is 0 Å². The number of aliphatic carboxylic acids is 1. The smallest absolute Gasteiger partial charge is 0.308 e. The summed E-state index contributed by atoms with van der Waals surface area (Å²) in [5.41, 5.74) is 0.835. The van der Waals surface area contributed by atoms with Crippen LogP contribution in [0.5, 0.6) is 0 Å². The number of hydrogen-bond acceptors (Lipinski definition) is 4. The molecule has 1 amide bonds. The number of hydrogen-bond donors (Lipinski definition) is 1. The number of nitrogens with zero attached hydrogens (tertiary/aromatic N) is 2. The number of aryl methyl sites for hydroxylation is 1. The molecule has 1 N–H and O–H groups in total. The van der Waals surface area contributed by atoms with Gasteiger partial charge in [-0.05, 0) is 6.92 Å². The van der Waals surface area contributed by atoms with Crippen molar-refractivity contribution >= 4 is 23.2 Å². The summed E-state index contributed by atoms with van der Waals surface area (Å²) in [4.78, 5) is 28.1. The number of carbonyl (C=O) groups excluding carboxylic acids is 1. The van der Waals surface area contributed by atoms with Gasteiger partial charge in [-0.1, -0.05) is 0 Å². The minimum atomic E-state index is -0.898. The van der Waals surface area contributed by atoms with Crippen LogP contribution in [0.15, 0.2) is 5.38 Å². The summed E-state index contributed by atoms with van der Waals surface area (Å²) >= 11 is 1.53. The van der Waals surface area contributed by atoms with Crippen molar-refractivity contribution in [2.75, 3.05) is 6.54 Å². The van der Waals surface area contributed by atoms with Gasteiger partial charge in [-0.25, -0.2) is 4.98 Å². The maximum absolute atomic E-state index is 11.5.